The maximum absolute atomic E-state index is 5.25. The number of anilines is 1. The molecule has 16 atom stereocenters. The average molecular weight is 1630 g/mol. The Hall–Kier alpha value is 12.2. The summed E-state index contributed by atoms with van der Waals surface area (Å²) in [4.78, 5) is 20.7. The lowest BCUT2D eigenvalue weighted by atomic mass is 10.2. The van der Waals surface area contributed by atoms with E-state index in [4.69, 9.17) is 9.47 Å². The van der Waals surface area contributed by atoms with Crippen LogP contribution in [0.1, 0.15) is 40.0 Å². The standard InChI is InChI=1S/C8H10BrN3O.C6H15N.C5H10O.C4H2Br2N2.H32P30/c9-7-5-11-8(6-10-7)12-1-3-13-4-2-12;1-4-7(5-2)6-3;1-2-4-6-5-3-1;5-3-1-7-4(6)2-8-3;1-17(2)25(18(3)4)29(26(19(5)6)20(7)8)30(27(21(9)10)22(11)12)28(23(13)14)24(15)16/h5-6H,1-4H2;4-6H2,1-3H3;1-5H2;1-2H;1-16H2. The lowest BCUT2D eigenvalue weighted by Crippen LogP contribution is -2.36. The van der Waals surface area contributed by atoms with E-state index in [1.165, 1.54) is 38.9 Å². The van der Waals surface area contributed by atoms with Gasteiger partial charge in [-0.15, -0.1) is 143 Å². The SMILES string of the molecule is Brc1cnc(Br)cn1.Brc1cnc(N2CCOCC2)cn1.C1CCOCC1.CCN(CC)CC.PP(P)P(P(P)P)P(P(P(P)P)P(P)P)P(P(P(P)P)P(P)P)P(P(P)P)P(P)P. The van der Waals surface area contributed by atoms with E-state index in [2.05, 4.69) is 241 Å². The van der Waals surface area contributed by atoms with Crippen molar-refractivity contribution in [3.63, 3.8) is 0 Å². The Kier molecular flexibility index (Phi) is 55.5. The minimum Gasteiger partial charge on any atom is -0.381 e. The van der Waals surface area contributed by atoms with Gasteiger partial charge in [-0.1, -0.05) is 20.8 Å². The monoisotopic (exact) mass is 1630 g/mol. The van der Waals surface area contributed by atoms with Crippen LogP contribution >= 0.6 is 288 Å². The van der Waals surface area contributed by atoms with E-state index in [0.29, 0.717) is 0 Å². The number of hydrogen-bond acceptors (Lipinski definition) is 8. The first-order chi connectivity index (χ1) is 30.1. The third kappa shape index (κ3) is 33.9. The Balaban J connectivity index is 0.000000932. The van der Waals surface area contributed by atoms with Crippen molar-refractivity contribution in [2.45, 2.75) is 40.0 Å². The normalized spacial score (nSPS) is 14.7. The number of nitrogens with zero attached hydrogens (tertiary/aromatic N) is 6. The first kappa shape index (κ1) is 76.2. The number of morpholine rings is 1. The topological polar surface area (TPSA) is 76.5 Å². The largest absolute Gasteiger partial charge is 0.381 e. The highest BCUT2D eigenvalue weighted by atomic mass is 79.9. The molecule has 0 amide bonds. The molecule has 41 heteroatoms. The quantitative estimate of drug-likeness (QED) is 0.145. The zero-order chi connectivity index (χ0) is 49.1. The summed E-state index contributed by atoms with van der Waals surface area (Å²) in [5.41, 5.74) is 0. The van der Waals surface area contributed by atoms with Gasteiger partial charge >= 0.3 is 0 Å². The predicted molar refractivity (Wildman–Crippen MR) is 401 cm³/mol. The maximum Gasteiger partial charge on any atom is 0.147 e. The van der Waals surface area contributed by atoms with Gasteiger partial charge in [0.25, 0.3) is 0 Å². The Bertz CT molecular complexity index is 1280. The van der Waals surface area contributed by atoms with Crippen LogP contribution in [0.3, 0.4) is 0 Å². The summed E-state index contributed by atoms with van der Waals surface area (Å²) >= 11 is 9.55. The van der Waals surface area contributed by atoms with Crippen LogP contribution in [0.15, 0.2) is 38.6 Å². The van der Waals surface area contributed by atoms with E-state index >= 15 is 0 Å². The van der Waals surface area contributed by atoms with Gasteiger partial charge in [0.15, 0.2) is 0 Å². The van der Waals surface area contributed by atoms with E-state index in [0.717, 1.165) is 59.1 Å². The molecule has 2 aliphatic rings. The first-order valence-corrected chi connectivity index (χ1v) is 74.7. The molecule has 0 aliphatic carbocycles. The molecule has 16 unspecified atom stereocenters. The van der Waals surface area contributed by atoms with Gasteiger partial charge < -0.3 is 19.3 Å². The molecule has 2 aliphatic heterocycles. The summed E-state index contributed by atoms with van der Waals surface area (Å²) < 4.78 is 12.6. The van der Waals surface area contributed by atoms with E-state index < -0.39 is 0 Å². The second-order valence-corrected chi connectivity index (χ2v) is 135. The van der Waals surface area contributed by atoms with Gasteiger partial charge in [0.2, 0.25) is 0 Å². The zero-order valence-corrected chi connectivity index (χ0v) is 71.7. The summed E-state index contributed by atoms with van der Waals surface area (Å²) in [5.74, 6) is 0.923. The molecule has 2 aromatic heterocycles. The molecule has 2 saturated heterocycles. The van der Waals surface area contributed by atoms with Crippen molar-refractivity contribution in [2.75, 3.05) is 64.1 Å². The molecule has 64 heavy (non-hydrogen) atoms. The van der Waals surface area contributed by atoms with Crippen molar-refractivity contribution < 1.29 is 9.47 Å². The fourth-order valence-corrected chi connectivity index (χ4v) is 403. The lowest BCUT2D eigenvalue weighted by molar-refractivity contribution is 0.0968. The van der Waals surface area contributed by atoms with Crippen LogP contribution in [-0.2, 0) is 9.47 Å². The predicted octanol–water partition coefficient (Wildman–Crippen LogP) is 22.9. The van der Waals surface area contributed by atoms with Crippen molar-refractivity contribution in [2.24, 2.45) is 0 Å². The van der Waals surface area contributed by atoms with Gasteiger partial charge in [-0.05, 0) is 185 Å². The van der Waals surface area contributed by atoms with Crippen LogP contribution in [0.25, 0.3) is 0 Å². The maximum atomic E-state index is 5.25. The molecule has 374 valence electrons. The Morgan fingerprint density at radius 2 is 0.719 bits per heavy atom. The van der Waals surface area contributed by atoms with Crippen LogP contribution in [0.2, 0.25) is 0 Å². The Morgan fingerprint density at radius 1 is 0.438 bits per heavy atom. The van der Waals surface area contributed by atoms with Crippen LogP contribution in [0.4, 0.5) is 5.82 Å². The summed E-state index contributed by atoms with van der Waals surface area (Å²) in [6, 6.07) is 0. The summed E-state index contributed by atoms with van der Waals surface area (Å²) in [6.07, 6.45) is 10.7. The number of hydrogen-bond donors (Lipinski definition) is 0. The van der Waals surface area contributed by atoms with Gasteiger partial charge in [0.1, 0.15) is 19.6 Å². The second-order valence-electron chi connectivity index (χ2n) is 11.9. The van der Waals surface area contributed by atoms with Crippen molar-refractivity contribution in [3.05, 3.63) is 38.6 Å². The number of ether oxygens (including phenoxy) is 2. The Labute approximate surface area is 465 Å². The van der Waals surface area contributed by atoms with Crippen LogP contribution in [0, 0.1) is 0 Å². The highest BCUT2D eigenvalue weighted by Crippen LogP contribution is 3.38. The summed E-state index contributed by atoms with van der Waals surface area (Å²) in [7, 11) is 52.6. The van der Waals surface area contributed by atoms with Crippen LogP contribution in [0.5, 0.6) is 0 Å². The zero-order valence-electron chi connectivity index (χ0n) is 35.9. The third-order valence-corrected chi connectivity index (χ3v) is 205. The molecule has 0 bridgehead atoms. The second kappa shape index (κ2) is 46.6. The third-order valence-electron chi connectivity index (χ3n) is 7.40. The van der Waals surface area contributed by atoms with Gasteiger partial charge in [-0.2, -0.15) is 0 Å². The minimum atomic E-state index is -0.0585. The molecule has 0 N–H and O–H groups in total. The summed E-state index contributed by atoms with van der Waals surface area (Å²) in [6.45, 7) is 15.2. The van der Waals surface area contributed by atoms with Gasteiger partial charge in [-0.25, -0.2) is 19.9 Å². The molecule has 0 spiro atoms. The lowest BCUT2D eigenvalue weighted by Gasteiger charge is -2.52. The summed E-state index contributed by atoms with van der Waals surface area (Å²) in [5, 5.41) is 0. The van der Waals surface area contributed by atoms with Crippen molar-refractivity contribution in [1.29, 1.82) is 0 Å². The molecule has 4 heterocycles. The molecule has 0 saturated carbocycles. The number of rotatable bonds is 17. The number of aromatic nitrogens is 4. The molecular weight excluding hydrogens is 1560 g/mol. The fourth-order valence-electron chi connectivity index (χ4n) is 4.56. The van der Waals surface area contributed by atoms with Crippen LogP contribution < -0.4 is 4.90 Å². The highest BCUT2D eigenvalue weighted by molar-refractivity contribution is 9.44. The molecule has 2 fully saturated rings. The van der Waals surface area contributed by atoms with E-state index in [1.54, 1.807) is 24.8 Å². The van der Waals surface area contributed by atoms with Crippen LogP contribution in [-0.4, -0.2) is 84.0 Å². The number of halogens is 3. The van der Waals surface area contributed by atoms with Crippen molar-refractivity contribution >= 4 is 294 Å². The van der Waals surface area contributed by atoms with E-state index in [1.807, 2.05) is 0 Å². The molecule has 8 nitrogen and oxygen atoms in total. The molecule has 4 rings (SSSR count). The molecular formula is C23H69Br3N6O2P30. The fraction of sp³-hybridized carbons (Fsp3) is 0.652. The van der Waals surface area contributed by atoms with Gasteiger partial charge in [0, 0.05) is 26.3 Å². The van der Waals surface area contributed by atoms with Gasteiger partial charge in [0.05, 0.1) is 38.0 Å². The smallest absolute Gasteiger partial charge is 0.147 e. The Morgan fingerprint density at radius 3 is 0.906 bits per heavy atom. The van der Waals surface area contributed by atoms with E-state index in [9.17, 15) is 0 Å². The highest BCUT2D eigenvalue weighted by Gasteiger charge is 2.50. The molecule has 0 radical (unpaired) electrons. The molecule has 2 aromatic rings. The van der Waals surface area contributed by atoms with E-state index in [-0.39, 0.29) is 97.8 Å². The first-order valence-electron chi connectivity index (χ1n) is 18.5. The average Bonchev–Trinajstić information content (AvgIpc) is 3.23. The molecule has 0 aromatic carbocycles. The van der Waals surface area contributed by atoms with Crippen molar-refractivity contribution in [1.82, 2.24) is 24.8 Å². The van der Waals surface area contributed by atoms with Gasteiger partial charge in [-0.3, -0.25) is 0 Å². The van der Waals surface area contributed by atoms with Crippen molar-refractivity contribution in [3.8, 4) is 0 Å². The minimum absolute atomic E-state index is 0.0331.